The van der Waals surface area contributed by atoms with Crippen LogP contribution in [0, 0.1) is 32.1 Å². The van der Waals surface area contributed by atoms with E-state index in [1.54, 1.807) is 34.9 Å². The van der Waals surface area contributed by atoms with Crippen LogP contribution < -0.4 is 10.6 Å². The number of aryl methyl sites for hydroxylation is 3. The lowest BCUT2D eigenvalue weighted by Crippen LogP contribution is -2.39. The quantitative estimate of drug-likeness (QED) is 0.310. The van der Waals surface area contributed by atoms with Crippen LogP contribution in [0.5, 0.6) is 0 Å². The fourth-order valence-corrected chi connectivity index (χ4v) is 7.02. The zero-order valence-electron chi connectivity index (χ0n) is 22.1. The first-order valence-electron chi connectivity index (χ1n) is 12.9. The molecule has 0 fully saturated rings. The predicted molar refractivity (Wildman–Crippen MR) is 161 cm³/mol. The Balaban J connectivity index is 1.63. The van der Waals surface area contributed by atoms with Gasteiger partial charge in [-0.15, -0.1) is 11.8 Å². The van der Waals surface area contributed by atoms with Crippen LogP contribution in [-0.4, -0.2) is 5.78 Å². The molecule has 1 atom stereocenters. The number of thioether (sulfide) groups is 1. The Morgan fingerprint density at radius 1 is 1.00 bits per heavy atom. The third kappa shape index (κ3) is 5.34. The molecular formula is C32H29Cl2N3OS. The smallest absolute Gasteiger partial charge is 0.161 e. The molecule has 1 unspecified atom stereocenters. The topological polar surface area (TPSA) is 70.1 Å². The maximum absolute atomic E-state index is 13.6. The van der Waals surface area contributed by atoms with Crippen LogP contribution in [0.15, 0.2) is 82.2 Å². The summed E-state index contributed by atoms with van der Waals surface area (Å²) in [4.78, 5) is 16.6. The highest BCUT2D eigenvalue weighted by Gasteiger charge is 2.41. The molecule has 7 heteroatoms. The maximum atomic E-state index is 13.6. The first kappa shape index (κ1) is 27.4. The van der Waals surface area contributed by atoms with Crippen LogP contribution in [0.1, 0.15) is 53.0 Å². The summed E-state index contributed by atoms with van der Waals surface area (Å²) in [6.45, 7) is 6.23. The molecule has 0 spiro atoms. The number of anilines is 1. The molecule has 5 rings (SSSR count). The minimum atomic E-state index is -0.521. The van der Waals surface area contributed by atoms with Crippen LogP contribution in [0.2, 0.25) is 10.0 Å². The Morgan fingerprint density at radius 3 is 2.36 bits per heavy atom. The Morgan fingerprint density at radius 2 is 1.69 bits per heavy atom. The fourth-order valence-electron chi connectivity index (χ4n) is 5.54. The lowest BCUT2D eigenvalue weighted by molar-refractivity contribution is -0.116. The number of hydrogen-bond acceptors (Lipinski definition) is 5. The number of halogens is 2. The number of ketones is 1. The average molecular weight is 575 g/mol. The highest BCUT2D eigenvalue weighted by Crippen LogP contribution is 2.48. The molecule has 0 aromatic heterocycles. The molecule has 1 heterocycles. The SMILES string of the molecule is Cc1ccc(SCc2cc(C3C(C#N)=C(N)N(c4cc(Cl)cc(Cl)c4)C4=C3C(=O)CCC4)c(C)cc2C)cc1. The van der Waals surface area contributed by atoms with Crippen molar-refractivity contribution in [1.82, 2.24) is 0 Å². The van der Waals surface area contributed by atoms with Gasteiger partial charge >= 0.3 is 0 Å². The highest BCUT2D eigenvalue weighted by atomic mass is 35.5. The van der Waals surface area contributed by atoms with E-state index in [1.165, 1.54) is 21.6 Å². The van der Waals surface area contributed by atoms with Crippen LogP contribution in [-0.2, 0) is 10.5 Å². The third-order valence-electron chi connectivity index (χ3n) is 7.47. The van der Waals surface area contributed by atoms with Crippen molar-refractivity contribution in [3.63, 3.8) is 0 Å². The number of nitriles is 1. The summed E-state index contributed by atoms with van der Waals surface area (Å²) in [6.07, 6.45) is 1.83. The van der Waals surface area contributed by atoms with E-state index in [-0.39, 0.29) is 5.78 Å². The number of rotatable bonds is 5. The van der Waals surface area contributed by atoms with Gasteiger partial charge in [0.15, 0.2) is 5.78 Å². The van der Waals surface area contributed by atoms with E-state index in [4.69, 9.17) is 28.9 Å². The molecule has 1 aliphatic heterocycles. The van der Waals surface area contributed by atoms with Crippen molar-refractivity contribution in [1.29, 1.82) is 5.26 Å². The zero-order valence-corrected chi connectivity index (χ0v) is 24.5. The van der Waals surface area contributed by atoms with Gasteiger partial charge in [-0.25, -0.2) is 0 Å². The van der Waals surface area contributed by atoms with Crippen LogP contribution in [0.25, 0.3) is 0 Å². The van der Waals surface area contributed by atoms with Crippen molar-refractivity contribution >= 4 is 46.4 Å². The zero-order chi connectivity index (χ0) is 27.8. The van der Waals surface area contributed by atoms with Gasteiger partial charge < -0.3 is 5.73 Å². The maximum Gasteiger partial charge on any atom is 0.161 e. The number of nitrogens with two attached hydrogens (primary N) is 1. The lowest BCUT2D eigenvalue weighted by Gasteiger charge is -2.40. The van der Waals surface area contributed by atoms with Gasteiger partial charge in [0.1, 0.15) is 5.82 Å². The minimum absolute atomic E-state index is 0.0511. The van der Waals surface area contributed by atoms with E-state index in [0.29, 0.717) is 45.5 Å². The van der Waals surface area contributed by atoms with Gasteiger partial charge in [-0.2, -0.15) is 5.26 Å². The molecule has 2 aliphatic rings. The number of Topliss-reactive ketones (excluding diaryl/α,β-unsaturated/α-hetero) is 1. The molecule has 0 amide bonds. The summed E-state index contributed by atoms with van der Waals surface area (Å²) in [6, 6.07) is 20.4. The van der Waals surface area contributed by atoms with E-state index >= 15 is 0 Å². The average Bonchev–Trinajstić information content (AvgIpc) is 2.88. The van der Waals surface area contributed by atoms with E-state index < -0.39 is 5.92 Å². The number of hydrogen-bond donors (Lipinski definition) is 1. The molecule has 1 aliphatic carbocycles. The summed E-state index contributed by atoms with van der Waals surface area (Å²) in [7, 11) is 0. The number of carbonyl (C=O) groups is 1. The number of carbonyl (C=O) groups excluding carboxylic acids is 1. The van der Waals surface area contributed by atoms with Crippen molar-refractivity contribution in [3.05, 3.63) is 115 Å². The molecule has 39 heavy (non-hydrogen) atoms. The fraction of sp³-hybridized carbons (Fsp3) is 0.250. The summed E-state index contributed by atoms with van der Waals surface area (Å²) in [5, 5.41) is 11.3. The summed E-state index contributed by atoms with van der Waals surface area (Å²) >= 11 is 14.4. The second-order valence-electron chi connectivity index (χ2n) is 10.2. The lowest BCUT2D eigenvalue weighted by atomic mass is 9.74. The van der Waals surface area contributed by atoms with Crippen LogP contribution in [0.3, 0.4) is 0 Å². The van der Waals surface area contributed by atoms with Gasteiger partial charge in [0.2, 0.25) is 0 Å². The van der Waals surface area contributed by atoms with Crippen molar-refractivity contribution in [2.45, 2.75) is 56.6 Å². The third-order valence-corrected chi connectivity index (χ3v) is 8.97. The second kappa shape index (κ2) is 11.1. The van der Waals surface area contributed by atoms with Gasteiger partial charge in [-0.05, 0) is 86.2 Å². The van der Waals surface area contributed by atoms with E-state index in [9.17, 15) is 10.1 Å². The highest BCUT2D eigenvalue weighted by molar-refractivity contribution is 7.98. The van der Waals surface area contributed by atoms with Gasteiger partial charge in [0.25, 0.3) is 0 Å². The molecule has 3 aromatic carbocycles. The number of benzene rings is 3. The monoisotopic (exact) mass is 573 g/mol. The second-order valence-corrected chi connectivity index (χ2v) is 12.1. The molecular weight excluding hydrogens is 545 g/mol. The van der Waals surface area contributed by atoms with E-state index in [1.807, 2.05) is 6.92 Å². The van der Waals surface area contributed by atoms with Gasteiger partial charge in [0, 0.05) is 38.4 Å². The van der Waals surface area contributed by atoms with Gasteiger partial charge in [0.05, 0.1) is 23.2 Å². The first-order chi connectivity index (χ1) is 18.7. The Labute approximate surface area is 244 Å². The summed E-state index contributed by atoms with van der Waals surface area (Å²) < 4.78 is 0. The molecule has 3 aromatic rings. The molecule has 2 N–H and O–H groups in total. The van der Waals surface area contributed by atoms with Crippen LogP contribution in [0.4, 0.5) is 5.69 Å². The molecule has 0 saturated carbocycles. The largest absolute Gasteiger partial charge is 0.384 e. The number of nitrogens with zero attached hydrogens (tertiary/aromatic N) is 2. The standard InChI is InChI=1S/C32H29Cl2N3OS/c1-18-7-9-25(10-8-18)39-17-21-12-26(20(3)11-19(21)2)30-27(16-35)32(36)37(24-14-22(33)13-23(34)15-24)28-5-4-6-29(38)31(28)30/h7-15,30H,4-6,17,36H2,1-3H3. The van der Waals surface area contributed by atoms with Crippen molar-refractivity contribution in [2.24, 2.45) is 5.73 Å². The molecule has 4 nitrogen and oxygen atoms in total. The molecule has 198 valence electrons. The van der Waals surface area contributed by atoms with Crippen molar-refractivity contribution < 1.29 is 4.79 Å². The molecule has 0 saturated heterocycles. The number of allylic oxidation sites excluding steroid dienone is 3. The van der Waals surface area contributed by atoms with Gasteiger partial charge in [-0.1, -0.05) is 53.0 Å². The first-order valence-corrected chi connectivity index (χ1v) is 14.6. The minimum Gasteiger partial charge on any atom is -0.384 e. The normalized spacial score (nSPS) is 17.4. The van der Waals surface area contributed by atoms with Crippen molar-refractivity contribution in [2.75, 3.05) is 4.90 Å². The Bertz CT molecular complexity index is 1560. The van der Waals surface area contributed by atoms with Crippen molar-refractivity contribution in [3.8, 4) is 6.07 Å². The van der Waals surface area contributed by atoms with E-state index in [0.717, 1.165) is 29.0 Å². The Kier molecular flexibility index (Phi) is 7.82. The van der Waals surface area contributed by atoms with E-state index in [2.05, 4.69) is 56.3 Å². The molecule has 0 radical (unpaired) electrons. The van der Waals surface area contributed by atoms with Crippen LogP contribution >= 0.6 is 35.0 Å². The predicted octanol–water partition coefficient (Wildman–Crippen LogP) is 8.52. The summed E-state index contributed by atoms with van der Waals surface area (Å²) in [5.41, 5.74) is 14.8. The van der Waals surface area contributed by atoms with Gasteiger partial charge in [-0.3, -0.25) is 9.69 Å². The summed E-state index contributed by atoms with van der Waals surface area (Å²) in [5.74, 6) is 0.621. The molecule has 0 bridgehead atoms. The Hall–Kier alpha value is -3.17.